The van der Waals surface area contributed by atoms with Gasteiger partial charge < -0.3 is 5.73 Å². The number of nitrogens with two attached hydrogens (primary N) is 1. The van der Waals surface area contributed by atoms with Crippen molar-refractivity contribution in [1.82, 2.24) is 14.9 Å². The number of nitrogens with zero attached hydrogens (tertiary/aromatic N) is 3. The maximum Gasteiger partial charge on any atom is 0.142 e. The molecular weight excluding hydrogens is 248 g/mol. The molecule has 0 spiro atoms. The third kappa shape index (κ3) is 2.71. The summed E-state index contributed by atoms with van der Waals surface area (Å²) >= 11 is 0. The van der Waals surface area contributed by atoms with Crippen LogP contribution in [0, 0.1) is 6.92 Å². The van der Waals surface area contributed by atoms with E-state index in [0.29, 0.717) is 6.54 Å². The Balaban J connectivity index is 1.78. The van der Waals surface area contributed by atoms with Gasteiger partial charge in [-0.3, -0.25) is 4.90 Å². The summed E-state index contributed by atoms with van der Waals surface area (Å²) in [6.07, 6.45) is 0.985. The molecule has 4 heteroatoms. The van der Waals surface area contributed by atoms with Crippen molar-refractivity contribution in [2.45, 2.75) is 33.0 Å². The fourth-order valence-corrected chi connectivity index (χ4v) is 2.77. The minimum absolute atomic E-state index is 0.419. The highest BCUT2D eigenvalue weighted by molar-refractivity contribution is 5.28. The predicted molar refractivity (Wildman–Crippen MR) is 78.9 cm³/mol. The molecule has 0 amide bonds. The number of aryl methyl sites for hydroxylation is 1. The molecule has 3 rings (SSSR count). The van der Waals surface area contributed by atoms with Crippen LogP contribution >= 0.6 is 0 Å². The number of hydrogen-bond acceptors (Lipinski definition) is 4. The Morgan fingerprint density at radius 2 is 2.00 bits per heavy atom. The van der Waals surface area contributed by atoms with Gasteiger partial charge in [-0.1, -0.05) is 30.3 Å². The first-order valence-electron chi connectivity index (χ1n) is 7.08. The molecule has 1 aliphatic heterocycles. The van der Waals surface area contributed by atoms with E-state index in [1.165, 1.54) is 16.8 Å². The lowest BCUT2D eigenvalue weighted by atomic mass is 10.0. The molecule has 4 nitrogen and oxygen atoms in total. The van der Waals surface area contributed by atoms with Crippen LogP contribution in [0.5, 0.6) is 0 Å². The fourth-order valence-electron chi connectivity index (χ4n) is 2.77. The van der Waals surface area contributed by atoms with Gasteiger partial charge in [0.25, 0.3) is 0 Å². The summed E-state index contributed by atoms with van der Waals surface area (Å²) in [5.41, 5.74) is 10.5. The summed E-state index contributed by atoms with van der Waals surface area (Å²) in [4.78, 5) is 11.5. The van der Waals surface area contributed by atoms with Crippen molar-refractivity contribution in [3.63, 3.8) is 0 Å². The Kier molecular flexibility index (Phi) is 3.76. The van der Waals surface area contributed by atoms with Gasteiger partial charge >= 0.3 is 0 Å². The molecule has 2 N–H and O–H groups in total. The summed E-state index contributed by atoms with van der Waals surface area (Å²) in [5, 5.41) is 0. The van der Waals surface area contributed by atoms with Gasteiger partial charge in [0.15, 0.2) is 0 Å². The van der Waals surface area contributed by atoms with E-state index in [1.54, 1.807) is 0 Å². The molecule has 1 aliphatic rings. The third-order valence-corrected chi connectivity index (χ3v) is 3.82. The van der Waals surface area contributed by atoms with Gasteiger partial charge in [0.1, 0.15) is 5.82 Å². The average molecular weight is 268 g/mol. The molecule has 0 radical (unpaired) electrons. The summed E-state index contributed by atoms with van der Waals surface area (Å²) in [7, 11) is 0. The molecule has 1 aromatic carbocycles. The lowest BCUT2D eigenvalue weighted by molar-refractivity contribution is 0.241. The molecule has 104 valence electrons. The van der Waals surface area contributed by atoms with Crippen molar-refractivity contribution in [3.05, 3.63) is 58.7 Å². The maximum absolute atomic E-state index is 5.65. The molecule has 0 saturated carbocycles. The van der Waals surface area contributed by atoms with Crippen LogP contribution in [0.4, 0.5) is 0 Å². The lowest BCUT2D eigenvalue weighted by Crippen LogP contribution is -2.32. The van der Waals surface area contributed by atoms with Gasteiger partial charge in [-0.25, -0.2) is 9.97 Å². The van der Waals surface area contributed by atoms with E-state index in [9.17, 15) is 0 Å². The largest absolute Gasteiger partial charge is 0.324 e. The highest BCUT2D eigenvalue weighted by Gasteiger charge is 2.20. The first-order chi connectivity index (χ1) is 9.76. The molecule has 2 aromatic rings. The van der Waals surface area contributed by atoms with Crippen LogP contribution in [0.1, 0.15) is 28.3 Å². The highest BCUT2D eigenvalue weighted by Crippen LogP contribution is 2.21. The van der Waals surface area contributed by atoms with Crippen LogP contribution in [0.15, 0.2) is 30.3 Å². The van der Waals surface area contributed by atoms with E-state index < -0.39 is 0 Å². The minimum Gasteiger partial charge on any atom is -0.324 e. The van der Waals surface area contributed by atoms with Crippen LogP contribution in [-0.4, -0.2) is 21.4 Å². The number of aromatic nitrogens is 2. The topological polar surface area (TPSA) is 55.0 Å². The standard InChI is InChI=1S/C16H20N4/c1-12-14-11-20(10-13-5-3-2-4-6-13)8-7-15(14)19-16(9-17)18-12/h2-6H,7-11,17H2,1H3. The van der Waals surface area contributed by atoms with Crippen molar-refractivity contribution in [3.8, 4) is 0 Å². The Bertz CT molecular complexity index is 595. The van der Waals surface area contributed by atoms with Crippen LogP contribution in [-0.2, 0) is 26.1 Å². The smallest absolute Gasteiger partial charge is 0.142 e. The van der Waals surface area contributed by atoms with E-state index in [0.717, 1.165) is 37.6 Å². The zero-order chi connectivity index (χ0) is 13.9. The van der Waals surface area contributed by atoms with E-state index in [2.05, 4.69) is 52.1 Å². The van der Waals surface area contributed by atoms with Gasteiger partial charge in [-0.15, -0.1) is 0 Å². The quantitative estimate of drug-likeness (QED) is 0.922. The van der Waals surface area contributed by atoms with E-state index >= 15 is 0 Å². The first-order valence-corrected chi connectivity index (χ1v) is 7.08. The number of rotatable bonds is 3. The summed E-state index contributed by atoms with van der Waals surface area (Å²) in [6.45, 7) is 5.44. The summed E-state index contributed by atoms with van der Waals surface area (Å²) < 4.78 is 0. The lowest BCUT2D eigenvalue weighted by Gasteiger charge is -2.29. The predicted octanol–water partition coefficient (Wildman–Crippen LogP) is 1.80. The molecular formula is C16H20N4. The second-order valence-corrected chi connectivity index (χ2v) is 5.30. The molecule has 0 aliphatic carbocycles. The van der Waals surface area contributed by atoms with Crippen molar-refractivity contribution in [2.24, 2.45) is 5.73 Å². The molecule has 0 unspecified atom stereocenters. The van der Waals surface area contributed by atoms with E-state index in [1.807, 2.05) is 0 Å². The average Bonchev–Trinajstić information content (AvgIpc) is 2.48. The van der Waals surface area contributed by atoms with Gasteiger partial charge in [0, 0.05) is 37.3 Å². The molecule has 0 bridgehead atoms. The molecule has 2 heterocycles. The Hall–Kier alpha value is -1.78. The monoisotopic (exact) mass is 268 g/mol. The van der Waals surface area contributed by atoms with Crippen LogP contribution < -0.4 is 5.73 Å². The Labute approximate surface area is 119 Å². The second-order valence-electron chi connectivity index (χ2n) is 5.30. The first kappa shape index (κ1) is 13.2. The van der Waals surface area contributed by atoms with Crippen molar-refractivity contribution < 1.29 is 0 Å². The zero-order valence-electron chi connectivity index (χ0n) is 11.8. The van der Waals surface area contributed by atoms with E-state index in [-0.39, 0.29) is 0 Å². The van der Waals surface area contributed by atoms with Gasteiger partial charge in [-0.2, -0.15) is 0 Å². The Morgan fingerprint density at radius 3 is 2.75 bits per heavy atom. The molecule has 0 saturated heterocycles. The van der Waals surface area contributed by atoms with Gasteiger partial charge in [-0.05, 0) is 12.5 Å². The number of benzene rings is 1. The van der Waals surface area contributed by atoms with E-state index in [4.69, 9.17) is 5.73 Å². The van der Waals surface area contributed by atoms with Gasteiger partial charge in [0.05, 0.1) is 12.2 Å². The zero-order valence-corrected chi connectivity index (χ0v) is 11.8. The molecule has 20 heavy (non-hydrogen) atoms. The maximum atomic E-state index is 5.65. The van der Waals surface area contributed by atoms with Crippen molar-refractivity contribution in [1.29, 1.82) is 0 Å². The molecule has 0 atom stereocenters. The number of fused-ring (bicyclic) bond motifs is 1. The van der Waals surface area contributed by atoms with Gasteiger partial charge in [0.2, 0.25) is 0 Å². The minimum atomic E-state index is 0.419. The Morgan fingerprint density at radius 1 is 1.20 bits per heavy atom. The van der Waals surface area contributed by atoms with Crippen LogP contribution in [0.2, 0.25) is 0 Å². The van der Waals surface area contributed by atoms with Crippen LogP contribution in [0.3, 0.4) is 0 Å². The second kappa shape index (κ2) is 5.69. The SMILES string of the molecule is Cc1nc(CN)nc2c1CN(Cc1ccccc1)CC2. The summed E-state index contributed by atoms with van der Waals surface area (Å²) in [6, 6.07) is 10.6. The molecule has 0 fully saturated rings. The highest BCUT2D eigenvalue weighted by atomic mass is 15.1. The fraction of sp³-hybridized carbons (Fsp3) is 0.375. The van der Waals surface area contributed by atoms with Crippen LogP contribution in [0.25, 0.3) is 0 Å². The van der Waals surface area contributed by atoms with Crippen molar-refractivity contribution in [2.75, 3.05) is 6.54 Å². The van der Waals surface area contributed by atoms with Crippen molar-refractivity contribution >= 4 is 0 Å². The third-order valence-electron chi connectivity index (χ3n) is 3.82. The molecule has 1 aromatic heterocycles. The summed E-state index contributed by atoms with van der Waals surface area (Å²) in [5.74, 6) is 0.762. The number of hydrogen-bond donors (Lipinski definition) is 1. The normalized spacial score (nSPS) is 15.1.